The molecule has 1 fully saturated rings. The quantitative estimate of drug-likeness (QED) is 0.760. The Bertz CT molecular complexity index is 569. The Morgan fingerprint density at radius 1 is 1.23 bits per heavy atom. The summed E-state index contributed by atoms with van der Waals surface area (Å²) in [6.07, 6.45) is 2.31. The number of carbonyl (C=O) groups is 2. The zero-order valence-electron chi connectivity index (χ0n) is 16.1. The zero-order valence-corrected chi connectivity index (χ0v) is 16.1. The van der Waals surface area contributed by atoms with Gasteiger partial charge in [-0.15, -0.1) is 0 Å². The van der Waals surface area contributed by atoms with Crippen molar-refractivity contribution in [1.82, 2.24) is 15.1 Å². The van der Waals surface area contributed by atoms with Gasteiger partial charge in [0.15, 0.2) is 0 Å². The maximum Gasteiger partial charge on any atom is 0.319 e. The van der Waals surface area contributed by atoms with E-state index >= 15 is 0 Å². The van der Waals surface area contributed by atoms with E-state index in [0.717, 1.165) is 24.8 Å². The number of benzene rings is 1. The van der Waals surface area contributed by atoms with Crippen molar-refractivity contribution in [3.8, 4) is 0 Å². The number of carbonyl (C=O) groups excluding carboxylic acids is 2. The van der Waals surface area contributed by atoms with Gasteiger partial charge in [0.1, 0.15) is 0 Å². The van der Waals surface area contributed by atoms with Crippen molar-refractivity contribution in [3.63, 3.8) is 0 Å². The number of rotatable bonds is 7. The van der Waals surface area contributed by atoms with Crippen LogP contribution in [-0.2, 0) is 9.53 Å². The van der Waals surface area contributed by atoms with Crippen LogP contribution in [-0.4, -0.2) is 62.1 Å². The molecule has 26 heavy (non-hydrogen) atoms. The third-order valence-corrected chi connectivity index (χ3v) is 4.78. The maximum atomic E-state index is 12.3. The number of likely N-dealkylation sites (tertiary alicyclic amines) is 1. The van der Waals surface area contributed by atoms with E-state index in [9.17, 15) is 9.59 Å². The minimum atomic E-state index is 0.00497. The van der Waals surface area contributed by atoms with Crippen LogP contribution in [0.5, 0.6) is 0 Å². The monoisotopic (exact) mass is 361 g/mol. The topological polar surface area (TPSA) is 61.9 Å². The standard InChI is InChI=1S/C20H31N3O3/c1-16(17-8-5-4-6-9-17)26-15-7-12-21-19(24)18-10-13-23(14-11-18)20(25)22(2)3/h4-6,8-9,16,18H,7,10-15H2,1-3H3,(H,21,24). The average molecular weight is 361 g/mol. The first-order valence-electron chi connectivity index (χ1n) is 9.39. The van der Waals surface area contributed by atoms with Gasteiger partial charge in [-0.3, -0.25) is 4.79 Å². The Morgan fingerprint density at radius 2 is 1.88 bits per heavy atom. The van der Waals surface area contributed by atoms with Crippen molar-refractivity contribution >= 4 is 11.9 Å². The maximum absolute atomic E-state index is 12.3. The summed E-state index contributed by atoms with van der Waals surface area (Å²) >= 11 is 0. The van der Waals surface area contributed by atoms with Crippen molar-refractivity contribution in [1.29, 1.82) is 0 Å². The lowest BCUT2D eigenvalue weighted by atomic mass is 9.96. The first-order chi connectivity index (χ1) is 12.5. The van der Waals surface area contributed by atoms with Crippen molar-refractivity contribution in [3.05, 3.63) is 35.9 Å². The molecule has 0 saturated carbocycles. The molecular formula is C20H31N3O3. The summed E-state index contributed by atoms with van der Waals surface area (Å²) in [5, 5.41) is 3.00. The van der Waals surface area contributed by atoms with E-state index < -0.39 is 0 Å². The van der Waals surface area contributed by atoms with Crippen LogP contribution in [0.25, 0.3) is 0 Å². The van der Waals surface area contributed by atoms with E-state index in [-0.39, 0.29) is 24.0 Å². The minimum Gasteiger partial charge on any atom is -0.374 e. The highest BCUT2D eigenvalue weighted by molar-refractivity contribution is 5.79. The molecule has 0 aliphatic carbocycles. The third-order valence-electron chi connectivity index (χ3n) is 4.78. The zero-order chi connectivity index (χ0) is 18.9. The molecule has 1 aliphatic heterocycles. The van der Waals surface area contributed by atoms with E-state index in [1.54, 1.807) is 19.0 Å². The van der Waals surface area contributed by atoms with Crippen LogP contribution in [0.3, 0.4) is 0 Å². The fraction of sp³-hybridized carbons (Fsp3) is 0.600. The predicted molar refractivity (Wildman–Crippen MR) is 102 cm³/mol. The molecule has 0 spiro atoms. The van der Waals surface area contributed by atoms with Gasteiger partial charge in [0.05, 0.1) is 6.10 Å². The number of nitrogens with zero attached hydrogens (tertiary/aromatic N) is 2. The fourth-order valence-corrected chi connectivity index (χ4v) is 3.12. The van der Waals surface area contributed by atoms with Crippen molar-refractivity contribution < 1.29 is 14.3 Å². The lowest BCUT2D eigenvalue weighted by Crippen LogP contribution is -2.46. The number of ether oxygens (including phenoxy) is 1. The summed E-state index contributed by atoms with van der Waals surface area (Å²) in [4.78, 5) is 27.6. The molecule has 1 atom stereocenters. The van der Waals surface area contributed by atoms with Crippen LogP contribution < -0.4 is 5.32 Å². The first-order valence-corrected chi connectivity index (χ1v) is 9.39. The largest absolute Gasteiger partial charge is 0.374 e. The van der Waals surface area contributed by atoms with Gasteiger partial charge < -0.3 is 19.9 Å². The molecule has 1 unspecified atom stereocenters. The van der Waals surface area contributed by atoms with Gasteiger partial charge in [-0.2, -0.15) is 0 Å². The average Bonchev–Trinajstić information content (AvgIpc) is 2.67. The SMILES string of the molecule is CC(OCCCNC(=O)C1CCN(C(=O)N(C)C)CC1)c1ccccc1. The minimum absolute atomic E-state index is 0.00497. The van der Waals surface area contributed by atoms with Crippen molar-refractivity contribution in [2.75, 3.05) is 40.3 Å². The number of nitrogens with one attached hydrogen (secondary N) is 1. The van der Waals surface area contributed by atoms with Gasteiger partial charge in [0.25, 0.3) is 0 Å². The Morgan fingerprint density at radius 3 is 2.50 bits per heavy atom. The molecule has 0 bridgehead atoms. The normalized spacial score (nSPS) is 16.2. The molecule has 1 aromatic carbocycles. The third kappa shape index (κ3) is 6.02. The van der Waals surface area contributed by atoms with Gasteiger partial charge in [0, 0.05) is 46.3 Å². The fourth-order valence-electron chi connectivity index (χ4n) is 3.12. The van der Waals surface area contributed by atoms with E-state index in [0.29, 0.717) is 26.2 Å². The molecule has 1 aromatic rings. The smallest absolute Gasteiger partial charge is 0.319 e. The molecule has 1 N–H and O–H groups in total. The van der Waals surface area contributed by atoms with Crippen LogP contribution in [0.2, 0.25) is 0 Å². The second-order valence-corrected chi connectivity index (χ2v) is 7.01. The summed E-state index contributed by atoms with van der Waals surface area (Å²) in [6, 6.07) is 10.1. The molecule has 0 aromatic heterocycles. The summed E-state index contributed by atoms with van der Waals surface area (Å²) < 4.78 is 5.82. The van der Waals surface area contributed by atoms with Crippen LogP contribution in [0, 0.1) is 5.92 Å². The van der Waals surface area contributed by atoms with Crippen LogP contribution in [0.1, 0.15) is 37.9 Å². The molecule has 144 valence electrons. The van der Waals surface area contributed by atoms with Gasteiger partial charge in [-0.25, -0.2) is 4.79 Å². The molecule has 1 saturated heterocycles. The molecular weight excluding hydrogens is 330 g/mol. The van der Waals surface area contributed by atoms with Crippen molar-refractivity contribution in [2.24, 2.45) is 5.92 Å². The highest BCUT2D eigenvalue weighted by Gasteiger charge is 2.27. The van der Waals surface area contributed by atoms with E-state index in [1.807, 2.05) is 30.0 Å². The van der Waals surface area contributed by atoms with E-state index in [4.69, 9.17) is 4.74 Å². The van der Waals surface area contributed by atoms with Gasteiger partial charge in [0.2, 0.25) is 5.91 Å². The predicted octanol–water partition coefficient (Wildman–Crippen LogP) is 2.66. The summed E-state index contributed by atoms with van der Waals surface area (Å²) in [7, 11) is 3.50. The van der Waals surface area contributed by atoms with Gasteiger partial charge >= 0.3 is 6.03 Å². The number of urea groups is 1. The lowest BCUT2D eigenvalue weighted by molar-refractivity contribution is -0.126. The highest BCUT2D eigenvalue weighted by Crippen LogP contribution is 2.18. The van der Waals surface area contributed by atoms with E-state index in [1.165, 1.54) is 0 Å². The first kappa shape index (κ1) is 20.2. The Kier molecular flexibility index (Phi) is 7.91. The Labute approximate surface area is 156 Å². The summed E-state index contributed by atoms with van der Waals surface area (Å²) in [5.74, 6) is 0.100. The van der Waals surface area contributed by atoms with Crippen molar-refractivity contribution in [2.45, 2.75) is 32.3 Å². The molecule has 2 rings (SSSR count). The van der Waals surface area contributed by atoms with E-state index in [2.05, 4.69) is 17.4 Å². The van der Waals surface area contributed by atoms with Gasteiger partial charge in [-0.1, -0.05) is 30.3 Å². The van der Waals surface area contributed by atoms with Gasteiger partial charge in [-0.05, 0) is 31.7 Å². The molecule has 6 nitrogen and oxygen atoms in total. The van der Waals surface area contributed by atoms with Crippen LogP contribution in [0.4, 0.5) is 4.79 Å². The molecule has 0 radical (unpaired) electrons. The highest BCUT2D eigenvalue weighted by atomic mass is 16.5. The molecule has 1 heterocycles. The number of hydrogen-bond donors (Lipinski definition) is 1. The molecule has 3 amide bonds. The molecule has 6 heteroatoms. The summed E-state index contributed by atoms with van der Waals surface area (Å²) in [6.45, 7) is 4.57. The van der Waals surface area contributed by atoms with Crippen LogP contribution in [0.15, 0.2) is 30.3 Å². The Balaban J connectivity index is 1.59. The number of hydrogen-bond acceptors (Lipinski definition) is 3. The Hall–Kier alpha value is -2.08. The molecule has 1 aliphatic rings. The number of piperidine rings is 1. The summed E-state index contributed by atoms with van der Waals surface area (Å²) in [5.41, 5.74) is 1.16. The van der Waals surface area contributed by atoms with Crippen LogP contribution >= 0.6 is 0 Å². The number of amides is 3. The lowest BCUT2D eigenvalue weighted by Gasteiger charge is -2.33. The second-order valence-electron chi connectivity index (χ2n) is 7.01. The second kappa shape index (κ2) is 10.2.